The molecule has 84 valence electrons. The van der Waals surface area contributed by atoms with Crippen molar-refractivity contribution in [2.24, 2.45) is 0 Å². The smallest absolute Gasteiger partial charge is 0.279 e. The summed E-state index contributed by atoms with van der Waals surface area (Å²) in [7, 11) is -3.33. The molecule has 1 aliphatic rings. The summed E-state index contributed by atoms with van der Waals surface area (Å²) in [5.74, 6) is 0. The number of hydrogen-bond acceptors (Lipinski definition) is 3. The van der Waals surface area contributed by atoms with Crippen molar-refractivity contribution in [2.75, 3.05) is 13.1 Å². The third-order valence-electron chi connectivity index (χ3n) is 2.47. The Morgan fingerprint density at radius 3 is 2.21 bits per heavy atom. The Balaban J connectivity index is 2.49. The lowest BCUT2D eigenvalue weighted by atomic mass is 9.91. The molecule has 2 N–H and O–H groups in total. The van der Waals surface area contributed by atoms with Crippen molar-refractivity contribution in [2.45, 2.75) is 38.8 Å². The first-order chi connectivity index (χ1) is 6.49. The molecule has 0 aromatic carbocycles. The summed E-state index contributed by atoms with van der Waals surface area (Å²) in [4.78, 5) is 0. The molecular formula is C8H18N2O3S. The molecule has 1 rings (SSSR count). The molecule has 5 nitrogen and oxygen atoms in total. The van der Waals surface area contributed by atoms with Crippen LogP contribution < -0.4 is 4.72 Å². The fourth-order valence-corrected chi connectivity index (χ4v) is 2.98. The molecule has 0 bridgehead atoms. The van der Waals surface area contributed by atoms with Crippen molar-refractivity contribution in [1.29, 1.82) is 0 Å². The molecule has 1 fully saturated rings. The monoisotopic (exact) mass is 222 g/mol. The van der Waals surface area contributed by atoms with Crippen LogP contribution in [-0.2, 0) is 10.2 Å². The van der Waals surface area contributed by atoms with Gasteiger partial charge >= 0.3 is 0 Å². The SMILES string of the molecule is CCN(CC)S(=O)(=O)NC1CC(O)C1. The maximum atomic E-state index is 11.6. The van der Waals surface area contributed by atoms with E-state index in [0.29, 0.717) is 25.9 Å². The number of hydrogen-bond donors (Lipinski definition) is 2. The third-order valence-corrected chi connectivity index (χ3v) is 4.30. The van der Waals surface area contributed by atoms with Crippen LogP contribution in [0.5, 0.6) is 0 Å². The van der Waals surface area contributed by atoms with Gasteiger partial charge in [-0.3, -0.25) is 0 Å². The number of nitrogens with zero attached hydrogens (tertiary/aromatic N) is 1. The van der Waals surface area contributed by atoms with Crippen molar-refractivity contribution in [1.82, 2.24) is 9.03 Å². The van der Waals surface area contributed by atoms with E-state index >= 15 is 0 Å². The topological polar surface area (TPSA) is 69.6 Å². The summed E-state index contributed by atoms with van der Waals surface area (Å²) in [5, 5.41) is 9.02. The third kappa shape index (κ3) is 2.66. The van der Waals surface area contributed by atoms with Gasteiger partial charge in [-0.15, -0.1) is 0 Å². The molecule has 0 atom stereocenters. The summed E-state index contributed by atoms with van der Waals surface area (Å²) in [5.41, 5.74) is 0. The molecule has 6 heteroatoms. The summed E-state index contributed by atoms with van der Waals surface area (Å²) in [6, 6.07) is -0.0874. The maximum Gasteiger partial charge on any atom is 0.279 e. The van der Waals surface area contributed by atoms with Crippen LogP contribution in [-0.4, -0.2) is 43.1 Å². The van der Waals surface area contributed by atoms with Gasteiger partial charge in [-0.05, 0) is 12.8 Å². The predicted octanol–water partition coefficient (Wildman–Crippen LogP) is -0.314. The number of rotatable bonds is 5. The Kier molecular flexibility index (Phi) is 3.88. The highest BCUT2D eigenvalue weighted by molar-refractivity contribution is 7.87. The molecule has 0 heterocycles. The van der Waals surface area contributed by atoms with E-state index in [1.54, 1.807) is 13.8 Å². The van der Waals surface area contributed by atoms with Crippen LogP contribution in [0, 0.1) is 0 Å². The van der Waals surface area contributed by atoms with Gasteiger partial charge in [-0.2, -0.15) is 17.4 Å². The van der Waals surface area contributed by atoms with Gasteiger partial charge in [0.25, 0.3) is 10.2 Å². The molecule has 0 aliphatic heterocycles. The molecule has 0 amide bonds. The summed E-state index contributed by atoms with van der Waals surface area (Å²) >= 11 is 0. The van der Waals surface area contributed by atoms with Gasteiger partial charge in [-0.25, -0.2) is 0 Å². The second-order valence-corrected chi connectivity index (χ2v) is 5.23. The summed E-state index contributed by atoms with van der Waals surface area (Å²) < 4.78 is 27.2. The molecule has 14 heavy (non-hydrogen) atoms. The van der Waals surface area contributed by atoms with Crippen molar-refractivity contribution in [3.8, 4) is 0 Å². The van der Waals surface area contributed by atoms with Gasteiger partial charge in [0.2, 0.25) is 0 Å². The van der Waals surface area contributed by atoms with Crippen LogP contribution in [0.4, 0.5) is 0 Å². The zero-order valence-electron chi connectivity index (χ0n) is 8.60. The van der Waals surface area contributed by atoms with E-state index < -0.39 is 10.2 Å². The molecule has 0 unspecified atom stereocenters. The molecule has 0 spiro atoms. The summed E-state index contributed by atoms with van der Waals surface area (Å²) in [6.07, 6.45) is 0.723. The minimum absolute atomic E-state index is 0.0874. The molecule has 1 saturated carbocycles. The fraction of sp³-hybridized carbons (Fsp3) is 1.00. The number of aliphatic hydroxyl groups excluding tert-OH is 1. The zero-order valence-corrected chi connectivity index (χ0v) is 9.42. The average molecular weight is 222 g/mol. The van der Waals surface area contributed by atoms with Crippen molar-refractivity contribution < 1.29 is 13.5 Å². The Morgan fingerprint density at radius 1 is 1.36 bits per heavy atom. The zero-order chi connectivity index (χ0) is 10.8. The van der Waals surface area contributed by atoms with Crippen LogP contribution >= 0.6 is 0 Å². The van der Waals surface area contributed by atoms with Gasteiger partial charge in [0.15, 0.2) is 0 Å². The molecule has 0 radical (unpaired) electrons. The molecule has 0 saturated heterocycles. The fourth-order valence-electron chi connectivity index (χ4n) is 1.53. The van der Waals surface area contributed by atoms with Gasteiger partial charge < -0.3 is 5.11 Å². The molecular weight excluding hydrogens is 204 g/mol. The Hall–Kier alpha value is -0.170. The van der Waals surface area contributed by atoms with Gasteiger partial charge in [0.1, 0.15) is 0 Å². The predicted molar refractivity (Wildman–Crippen MR) is 54.0 cm³/mol. The van der Waals surface area contributed by atoms with Crippen LogP contribution in [0.25, 0.3) is 0 Å². The van der Waals surface area contributed by atoms with E-state index in [2.05, 4.69) is 4.72 Å². The Labute approximate surface area is 85.3 Å². The first kappa shape index (κ1) is 11.9. The van der Waals surface area contributed by atoms with Gasteiger partial charge in [0, 0.05) is 19.1 Å². The van der Waals surface area contributed by atoms with Crippen LogP contribution in [0.2, 0.25) is 0 Å². The van der Waals surface area contributed by atoms with E-state index in [4.69, 9.17) is 5.11 Å². The highest BCUT2D eigenvalue weighted by Crippen LogP contribution is 2.20. The van der Waals surface area contributed by atoms with Gasteiger partial charge in [0.05, 0.1) is 6.10 Å². The highest BCUT2D eigenvalue weighted by Gasteiger charge is 2.32. The first-order valence-corrected chi connectivity index (χ1v) is 6.39. The lowest BCUT2D eigenvalue weighted by molar-refractivity contribution is 0.0705. The second kappa shape index (κ2) is 4.57. The lowest BCUT2D eigenvalue weighted by Gasteiger charge is -2.33. The molecule has 0 aromatic heterocycles. The summed E-state index contributed by atoms with van der Waals surface area (Å²) in [6.45, 7) is 4.55. The quantitative estimate of drug-likeness (QED) is 0.670. The standard InChI is InChI=1S/C8H18N2O3S/c1-3-10(4-2)14(12,13)9-7-5-8(11)6-7/h7-9,11H,3-6H2,1-2H3. The number of nitrogens with one attached hydrogen (secondary N) is 1. The number of aliphatic hydroxyl groups is 1. The van der Waals surface area contributed by atoms with Crippen molar-refractivity contribution >= 4 is 10.2 Å². The van der Waals surface area contributed by atoms with Gasteiger partial charge in [-0.1, -0.05) is 13.8 Å². The minimum Gasteiger partial charge on any atom is -0.393 e. The maximum absolute atomic E-state index is 11.6. The van der Waals surface area contributed by atoms with Crippen LogP contribution in [0.3, 0.4) is 0 Å². The average Bonchev–Trinajstić information content (AvgIpc) is 2.02. The Morgan fingerprint density at radius 2 is 1.86 bits per heavy atom. The molecule has 1 aliphatic carbocycles. The van der Waals surface area contributed by atoms with Crippen LogP contribution in [0.15, 0.2) is 0 Å². The first-order valence-electron chi connectivity index (χ1n) is 4.95. The lowest BCUT2D eigenvalue weighted by Crippen LogP contribution is -2.51. The normalized spacial score (nSPS) is 27.7. The highest BCUT2D eigenvalue weighted by atomic mass is 32.2. The van der Waals surface area contributed by atoms with Crippen molar-refractivity contribution in [3.05, 3.63) is 0 Å². The van der Waals surface area contributed by atoms with E-state index in [-0.39, 0.29) is 12.1 Å². The minimum atomic E-state index is -3.33. The van der Waals surface area contributed by atoms with E-state index in [0.717, 1.165) is 0 Å². The van der Waals surface area contributed by atoms with E-state index in [1.165, 1.54) is 4.31 Å². The molecule has 0 aromatic rings. The largest absolute Gasteiger partial charge is 0.393 e. The second-order valence-electron chi connectivity index (χ2n) is 3.53. The van der Waals surface area contributed by atoms with Crippen LogP contribution in [0.1, 0.15) is 26.7 Å². The van der Waals surface area contributed by atoms with E-state index in [9.17, 15) is 8.42 Å². The van der Waals surface area contributed by atoms with Crippen molar-refractivity contribution in [3.63, 3.8) is 0 Å². The van der Waals surface area contributed by atoms with E-state index in [1.807, 2.05) is 0 Å². The Bertz CT molecular complexity index is 268.